The number of para-hydroxylation sites is 5. The zero-order valence-electron chi connectivity index (χ0n) is 40.4. The number of hydrogen-bond donors (Lipinski definition) is 0. The summed E-state index contributed by atoms with van der Waals surface area (Å²) in [6.45, 7) is 0. The fourth-order valence-electron chi connectivity index (χ4n) is 12.5. The highest BCUT2D eigenvalue weighted by Crippen LogP contribution is 2.64. The molecule has 0 N–H and O–H groups in total. The molecule has 0 unspecified atom stereocenters. The minimum Gasteiger partial charge on any atom is -0.456 e. The molecule has 2 aliphatic rings. The van der Waals surface area contributed by atoms with E-state index in [2.05, 4.69) is 277 Å². The van der Waals surface area contributed by atoms with Crippen LogP contribution in [0.3, 0.4) is 0 Å². The summed E-state index contributed by atoms with van der Waals surface area (Å²) in [5.74, 6) is 0. The Morgan fingerprint density at radius 3 is 1.64 bits per heavy atom. The van der Waals surface area contributed by atoms with Crippen molar-refractivity contribution in [1.82, 2.24) is 0 Å². The number of nitrogens with zero attached hydrogens (tertiary/aromatic N) is 2. The molecule has 1 aliphatic heterocycles. The smallest absolute Gasteiger partial charge is 0.136 e. The van der Waals surface area contributed by atoms with E-state index in [9.17, 15) is 0 Å². The van der Waals surface area contributed by atoms with Gasteiger partial charge in [0.25, 0.3) is 0 Å². The van der Waals surface area contributed by atoms with Crippen LogP contribution in [-0.2, 0) is 5.41 Å². The topological polar surface area (TPSA) is 19.6 Å². The van der Waals surface area contributed by atoms with Crippen LogP contribution in [0.15, 0.2) is 283 Å². The lowest BCUT2D eigenvalue weighted by Crippen LogP contribution is -2.36. The molecular weight excluding hydrogens is 897 g/mol. The van der Waals surface area contributed by atoms with E-state index in [1.165, 1.54) is 72.2 Å². The minimum atomic E-state index is -0.619. The normalized spacial score (nSPS) is 12.9. The first-order valence-electron chi connectivity index (χ1n) is 25.5. The van der Waals surface area contributed by atoms with Crippen LogP contribution in [0.4, 0.5) is 34.1 Å². The molecule has 0 amide bonds. The maximum Gasteiger partial charge on any atom is 0.136 e. The molecule has 0 radical (unpaired) electrons. The zero-order valence-corrected chi connectivity index (χ0v) is 40.4. The van der Waals surface area contributed by atoms with Gasteiger partial charge in [0.05, 0.1) is 22.5 Å². The summed E-state index contributed by atoms with van der Waals surface area (Å²) in [6, 6.07) is 102. The van der Waals surface area contributed by atoms with E-state index in [-0.39, 0.29) is 0 Å². The van der Waals surface area contributed by atoms with Crippen molar-refractivity contribution in [2.24, 2.45) is 0 Å². The molecular formula is C71H46N2O. The second-order valence-corrected chi connectivity index (χ2v) is 19.5. The average molecular weight is 943 g/mol. The first-order chi connectivity index (χ1) is 36.7. The van der Waals surface area contributed by atoms with Crippen molar-refractivity contribution in [2.45, 2.75) is 5.41 Å². The molecule has 3 nitrogen and oxygen atoms in total. The van der Waals surface area contributed by atoms with Gasteiger partial charge in [0, 0.05) is 33.4 Å². The van der Waals surface area contributed by atoms with E-state index >= 15 is 0 Å². The number of benzene rings is 12. The number of hydrogen-bond acceptors (Lipinski definition) is 3. The van der Waals surface area contributed by atoms with Gasteiger partial charge in [-0.25, -0.2) is 0 Å². The van der Waals surface area contributed by atoms with Crippen molar-refractivity contribution >= 4 is 66.8 Å². The predicted octanol–water partition coefficient (Wildman–Crippen LogP) is 19.4. The van der Waals surface area contributed by atoms with Gasteiger partial charge < -0.3 is 14.2 Å². The Hall–Kier alpha value is -9.70. The number of rotatable bonds is 7. The Balaban J connectivity index is 0.960. The quantitative estimate of drug-likeness (QED) is 0.159. The molecule has 0 saturated carbocycles. The van der Waals surface area contributed by atoms with Crippen molar-refractivity contribution in [1.29, 1.82) is 0 Å². The van der Waals surface area contributed by atoms with Crippen LogP contribution in [0.2, 0.25) is 0 Å². The summed E-state index contributed by atoms with van der Waals surface area (Å²) in [5.41, 5.74) is 22.4. The molecule has 13 aromatic rings. The molecule has 1 spiro atoms. The van der Waals surface area contributed by atoms with Gasteiger partial charge in [0.1, 0.15) is 11.2 Å². The van der Waals surface area contributed by atoms with Gasteiger partial charge in [-0.3, -0.25) is 0 Å². The largest absolute Gasteiger partial charge is 0.456 e. The van der Waals surface area contributed by atoms with Gasteiger partial charge in [0.2, 0.25) is 0 Å². The Kier molecular flexibility index (Phi) is 9.48. The van der Waals surface area contributed by atoms with Gasteiger partial charge in [0.15, 0.2) is 0 Å². The van der Waals surface area contributed by atoms with E-state index in [1.54, 1.807) is 0 Å². The number of anilines is 6. The summed E-state index contributed by atoms with van der Waals surface area (Å²) in [7, 11) is 0. The second-order valence-electron chi connectivity index (χ2n) is 19.5. The van der Waals surface area contributed by atoms with Crippen LogP contribution < -0.4 is 9.80 Å². The monoisotopic (exact) mass is 942 g/mol. The van der Waals surface area contributed by atoms with E-state index in [0.29, 0.717) is 0 Å². The summed E-state index contributed by atoms with van der Waals surface area (Å²) in [5, 5.41) is 4.71. The Labute approximate surface area is 430 Å². The first kappa shape index (κ1) is 42.0. The number of furan rings is 1. The van der Waals surface area contributed by atoms with Crippen molar-refractivity contribution in [2.75, 3.05) is 9.80 Å². The Morgan fingerprint density at radius 2 is 0.851 bits per heavy atom. The third-order valence-electron chi connectivity index (χ3n) is 15.7. The highest BCUT2D eigenvalue weighted by atomic mass is 16.3. The van der Waals surface area contributed by atoms with Crippen molar-refractivity contribution in [3.63, 3.8) is 0 Å². The van der Waals surface area contributed by atoms with Crippen LogP contribution in [0.5, 0.6) is 0 Å². The molecule has 1 aliphatic carbocycles. The highest BCUT2D eigenvalue weighted by molar-refractivity contribution is 6.07. The van der Waals surface area contributed by atoms with Gasteiger partial charge in [-0.05, 0) is 145 Å². The van der Waals surface area contributed by atoms with Gasteiger partial charge >= 0.3 is 0 Å². The molecule has 0 fully saturated rings. The van der Waals surface area contributed by atoms with Gasteiger partial charge in [-0.15, -0.1) is 0 Å². The summed E-state index contributed by atoms with van der Waals surface area (Å²) in [4.78, 5) is 4.93. The standard InChI is InChI=1S/C71H46N2O/c1-2-21-50(22-3-1)73-67-34-15-12-31-63(67)71(64-32-13-16-35-68(64)73)62-30-11-8-26-57(62)58-44-42-52(46-65(58)71)72(51-40-37-47(38-41-51)49-39-43-61-60-28-10-17-36-69(60)74-70(61)45-49)66-33-14-9-27-59(66)56-25-7-6-24-55(56)54-29-18-20-48-19-4-5-23-53(48)54/h1-46H. The van der Waals surface area contributed by atoms with Gasteiger partial charge in [-0.1, -0.05) is 206 Å². The van der Waals surface area contributed by atoms with Crippen LogP contribution in [0, 0.1) is 0 Å². The molecule has 0 bridgehead atoms. The molecule has 12 aromatic carbocycles. The van der Waals surface area contributed by atoms with Crippen molar-refractivity contribution in [3.05, 3.63) is 301 Å². The average Bonchev–Trinajstić information content (AvgIpc) is 4.10. The second kappa shape index (κ2) is 16.7. The summed E-state index contributed by atoms with van der Waals surface area (Å²) in [6.07, 6.45) is 0. The third kappa shape index (κ3) is 6.27. The fraction of sp³-hybridized carbons (Fsp3) is 0.0141. The summed E-state index contributed by atoms with van der Waals surface area (Å²) < 4.78 is 6.38. The lowest BCUT2D eigenvalue weighted by Gasteiger charge is -2.45. The molecule has 3 heteroatoms. The van der Waals surface area contributed by atoms with Crippen LogP contribution in [0.25, 0.3) is 77.2 Å². The molecule has 74 heavy (non-hydrogen) atoms. The molecule has 2 heterocycles. The van der Waals surface area contributed by atoms with Crippen LogP contribution in [0.1, 0.15) is 22.3 Å². The SMILES string of the molecule is c1ccc(N2c3ccccc3C3(c4ccccc4-c4ccc(N(c5ccc(-c6ccc7c(c6)oc6ccccc67)cc5)c5ccccc5-c5ccccc5-c5cccc6ccccc56)cc43)c3ccccc32)cc1. The highest BCUT2D eigenvalue weighted by Gasteiger charge is 2.52. The lowest BCUT2D eigenvalue weighted by molar-refractivity contribution is 0.669. The van der Waals surface area contributed by atoms with E-state index in [4.69, 9.17) is 4.42 Å². The molecule has 1 aromatic heterocycles. The third-order valence-corrected chi connectivity index (χ3v) is 15.7. The van der Waals surface area contributed by atoms with E-state index in [0.717, 1.165) is 61.4 Å². The van der Waals surface area contributed by atoms with E-state index < -0.39 is 5.41 Å². The summed E-state index contributed by atoms with van der Waals surface area (Å²) >= 11 is 0. The zero-order chi connectivity index (χ0) is 48.7. The Morgan fingerprint density at radius 1 is 0.311 bits per heavy atom. The van der Waals surface area contributed by atoms with Crippen molar-refractivity contribution in [3.8, 4) is 44.5 Å². The minimum absolute atomic E-state index is 0.619. The fourth-order valence-corrected chi connectivity index (χ4v) is 12.5. The maximum atomic E-state index is 6.38. The van der Waals surface area contributed by atoms with Crippen molar-refractivity contribution < 1.29 is 4.42 Å². The molecule has 15 rings (SSSR count). The maximum absolute atomic E-state index is 6.38. The lowest BCUT2D eigenvalue weighted by atomic mass is 9.64. The van der Waals surface area contributed by atoms with Crippen LogP contribution in [-0.4, -0.2) is 0 Å². The van der Waals surface area contributed by atoms with Gasteiger partial charge in [-0.2, -0.15) is 0 Å². The molecule has 346 valence electrons. The first-order valence-corrected chi connectivity index (χ1v) is 25.5. The van der Waals surface area contributed by atoms with Crippen LogP contribution >= 0.6 is 0 Å². The Bertz CT molecular complexity index is 4290. The molecule has 0 saturated heterocycles. The number of fused-ring (bicyclic) bond motifs is 13. The predicted molar refractivity (Wildman–Crippen MR) is 308 cm³/mol. The molecule has 0 atom stereocenters. The van der Waals surface area contributed by atoms with E-state index in [1.807, 2.05) is 12.1 Å².